The molecule has 0 amide bonds. The van der Waals surface area contributed by atoms with E-state index in [0.717, 1.165) is 10.1 Å². The number of aryl methyl sites for hydroxylation is 2. The van der Waals surface area contributed by atoms with E-state index in [0.29, 0.717) is 29.1 Å². The minimum absolute atomic E-state index is 0.0929. The fourth-order valence-corrected chi connectivity index (χ4v) is 2.37. The number of nitrogens with one attached hydrogen (secondary N) is 1. The molecule has 8 nitrogen and oxygen atoms in total. The van der Waals surface area contributed by atoms with Crippen molar-refractivity contribution in [2.45, 2.75) is 20.3 Å². The lowest BCUT2D eigenvalue weighted by atomic mass is 10.1. The van der Waals surface area contributed by atoms with Crippen molar-refractivity contribution >= 4 is 0 Å². The van der Waals surface area contributed by atoms with Crippen LogP contribution in [0, 0.1) is 18.3 Å². The molecule has 1 aromatic carbocycles. The number of hydrogen-bond donors (Lipinski definition) is 2. The van der Waals surface area contributed by atoms with Gasteiger partial charge in [-0.2, -0.15) is 5.26 Å². The van der Waals surface area contributed by atoms with Gasteiger partial charge in [0.1, 0.15) is 5.75 Å². The lowest BCUT2D eigenvalue weighted by Gasteiger charge is -2.08. The van der Waals surface area contributed by atoms with Crippen molar-refractivity contribution in [3.63, 3.8) is 0 Å². The average molecular weight is 337 g/mol. The van der Waals surface area contributed by atoms with Crippen LogP contribution in [0.15, 0.2) is 35.4 Å². The van der Waals surface area contributed by atoms with E-state index in [9.17, 15) is 9.90 Å². The van der Waals surface area contributed by atoms with Crippen LogP contribution in [-0.4, -0.2) is 24.6 Å². The van der Waals surface area contributed by atoms with Gasteiger partial charge in [-0.3, -0.25) is 0 Å². The molecular formula is C17H15N5O3. The molecule has 0 spiro atoms. The van der Waals surface area contributed by atoms with Gasteiger partial charge in [0.15, 0.2) is 0 Å². The van der Waals surface area contributed by atoms with Crippen molar-refractivity contribution in [1.82, 2.24) is 19.5 Å². The van der Waals surface area contributed by atoms with Crippen molar-refractivity contribution < 1.29 is 9.84 Å². The molecule has 126 valence electrons. The van der Waals surface area contributed by atoms with Gasteiger partial charge < -0.3 is 14.8 Å². The average Bonchev–Trinajstić information content (AvgIpc) is 2.91. The second kappa shape index (κ2) is 6.49. The topological polar surface area (TPSA) is 117 Å². The Hall–Kier alpha value is -3.60. The third kappa shape index (κ3) is 3.07. The molecule has 0 aliphatic carbocycles. The number of ether oxygens (including phenoxy) is 1. The summed E-state index contributed by atoms with van der Waals surface area (Å²) in [5.41, 5.74) is 1.62. The van der Waals surface area contributed by atoms with Crippen LogP contribution in [0.25, 0.3) is 5.69 Å². The molecule has 25 heavy (non-hydrogen) atoms. The molecule has 0 aliphatic rings. The second-order valence-electron chi connectivity index (χ2n) is 5.34. The van der Waals surface area contributed by atoms with E-state index in [4.69, 9.17) is 10.00 Å². The van der Waals surface area contributed by atoms with E-state index >= 15 is 0 Å². The smallest absolute Gasteiger partial charge is 0.333 e. The molecule has 0 bridgehead atoms. The highest BCUT2D eigenvalue weighted by Crippen LogP contribution is 2.24. The summed E-state index contributed by atoms with van der Waals surface area (Å²) in [7, 11) is 0. The van der Waals surface area contributed by atoms with Crippen LogP contribution < -0.4 is 10.4 Å². The van der Waals surface area contributed by atoms with E-state index in [1.54, 1.807) is 18.2 Å². The highest BCUT2D eigenvalue weighted by molar-refractivity contribution is 5.42. The first kappa shape index (κ1) is 16.3. The third-order valence-corrected chi connectivity index (χ3v) is 3.67. The summed E-state index contributed by atoms with van der Waals surface area (Å²) < 4.78 is 6.69. The molecule has 0 fully saturated rings. The number of nitrogens with zero attached hydrogens (tertiary/aromatic N) is 4. The molecule has 0 radical (unpaired) electrons. The fraction of sp³-hybridized carbons (Fsp3) is 0.176. The van der Waals surface area contributed by atoms with Crippen molar-refractivity contribution in [3.05, 3.63) is 57.9 Å². The van der Waals surface area contributed by atoms with Crippen LogP contribution in [-0.2, 0) is 6.42 Å². The number of aromatic hydroxyl groups is 1. The molecule has 0 aliphatic heterocycles. The zero-order valence-electron chi connectivity index (χ0n) is 13.6. The van der Waals surface area contributed by atoms with Gasteiger partial charge >= 0.3 is 11.7 Å². The van der Waals surface area contributed by atoms with Gasteiger partial charge in [-0.25, -0.2) is 19.3 Å². The highest BCUT2D eigenvalue weighted by atomic mass is 16.5. The Labute approximate surface area is 143 Å². The van der Waals surface area contributed by atoms with Gasteiger partial charge in [0, 0.05) is 0 Å². The minimum Gasteiger partial charge on any atom is -0.493 e. The van der Waals surface area contributed by atoms with Gasteiger partial charge in [0.25, 0.3) is 0 Å². The van der Waals surface area contributed by atoms with E-state index in [-0.39, 0.29) is 11.9 Å². The van der Waals surface area contributed by atoms with Gasteiger partial charge in [-0.05, 0) is 37.1 Å². The zero-order valence-corrected chi connectivity index (χ0v) is 13.6. The SMILES string of the molecule is CCc1[nH]c(=O)n(-c2cnc(Oc3ccc(C#N)cc3C)nc2)c1O. The van der Waals surface area contributed by atoms with Crippen LogP contribution in [0.5, 0.6) is 17.6 Å². The number of hydrogen-bond acceptors (Lipinski definition) is 6. The molecule has 8 heteroatoms. The molecule has 3 rings (SSSR count). The number of rotatable bonds is 4. The molecule has 2 aromatic heterocycles. The summed E-state index contributed by atoms with van der Waals surface area (Å²) in [5.74, 6) is 0.370. The first-order valence-electron chi connectivity index (χ1n) is 7.57. The molecular weight excluding hydrogens is 322 g/mol. The second-order valence-corrected chi connectivity index (χ2v) is 5.34. The minimum atomic E-state index is -0.463. The number of H-pyrrole nitrogens is 1. The Morgan fingerprint density at radius 3 is 2.64 bits per heavy atom. The summed E-state index contributed by atoms with van der Waals surface area (Å²) >= 11 is 0. The van der Waals surface area contributed by atoms with E-state index < -0.39 is 5.69 Å². The lowest BCUT2D eigenvalue weighted by Crippen LogP contribution is -2.15. The van der Waals surface area contributed by atoms with Crippen molar-refractivity contribution in [3.8, 4) is 29.4 Å². The molecule has 0 unspecified atom stereocenters. The van der Waals surface area contributed by atoms with Crippen LogP contribution in [0.1, 0.15) is 23.7 Å². The number of nitriles is 1. The Bertz CT molecular complexity index is 1010. The maximum Gasteiger partial charge on any atom is 0.333 e. The molecule has 0 saturated carbocycles. The first-order valence-corrected chi connectivity index (χ1v) is 7.57. The van der Waals surface area contributed by atoms with Crippen LogP contribution >= 0.6 is 0 Å². The summed E-state index contributed by atoms with van der Waals surface area (Å²) in [4.78, 5) is 22.7. The van der Waals surface area contributed by atoms with Gasteiger partial charge in [-0.1, -0.05) is 6.92 Å². The first-order chi connectivity index (χ1) is 12.0. The summed E-state index contributed by atoms with van der Waals surface area (Å²) in [6.45, 7) is 3.64. The van der Waals surface area contributed by atoms with E-state index in [2.05, 4.69) is 21.0 Å². The number of imidazole rings is 1. The Morgan fingerprint density at radius 2 is 2.08 bits per heavy atom. The number of aromatic amines is 1. The summed E-state index contributed by atoms with van der Waals surface area (Å²) in [5, 5.41) is 19.0. The number of benzene rings is 1. The monoisotopic (exact) mass is 337 g/mol. The van der Waals surface area contributed by atoms with Crippen LogP contribution in [0.3, 0.4) is 0 Å². The van der Waals surface area contributed by atoms with Crippen molar-refractivity contribution in [1.29, 1.82) is 5.26 Å². The largest absolute Gasteiger partial charge is 0.493 e. The van der Waals surface area contributed by atoms with Gasteiger partial charge in [0.2, 0.25) is 5.88 Å². The Balaban J connectivity index is 1.88. The zero-order chi connectivity index (χ0) is 18.0. The molecule has 2 N–H and O–H groups in total. The summed E-state index contributed by atoms with van der Waals surface area (Å²) in [6, 6.07) is 7.16. The Morgan fingerprint density at radius 1 is 1.36 bits per heavy atom. The maximum atomic E-state index is 11.9. The lowest BCUT2D eigenvalue weighted by molar-refractivity contribution is 0.429. The van der Waals surface area contributed by atoms with Crippen molar-refractivity contribution in [2.24, 2.45) is 0 Å². The quantitative estimate of drug-likeness (QED) is 0.753. The molecule has 0 saturated heterocycles. The normalized spacial score (nSPS) is 10.4. The highest BCUT2D eigenvalue weighted by Gasteiger charge is 2.14. The third-order valence-electron chi connectivity index (χ3n) is 3.67. The van der Waals surface area contributed by atoms with Gasteiger partial charge in [0.05, 0.1) is 35.4 Å². The fourth-order valence-electron chi connectivity index (χ4n) is 2.37. The van der Waals surface area contributed by atoms with Gasteiger partial charge in [-0.15, -0.1) is 0 Å². The van der Waals surface area contributed by atoms with Crippen molar-refractivity contribution in [2.75, 3.05) is 0 Å². The number of aromatic nitrogens is 4. The van der Waals surface area contributed by atoms with Crippen LogP contribution in [0.2, 0.25) is 0 Å². The predicted molar refractivity (Wildman–Crippen MR) is 89.0 cm³/mol. The standard InChI is InChI=1S/C17H15N5O3/c1-3-13-15(23)22(17(24)21-13)12-8-19-16(20-9-12)25-14-5-4-11(7-18)6-10(14)2/h4-6,8-9,23H,3H2,1-2H3,(H,21,24). The van der Waals surface area contributed by atoms with Crippen LogP contribution in [0.4, 0.5) is 0 Å². The van der Waals surface area contributed by atoms with E-state index in [1.807, 2.05) is 13.8 Å². The molecule has 0 atom stereocenters. The predicted octanol–water partition coefficient (Wildman–Crippen LogP) is 2.20. The Kier molecular flexibility index (Phi) is 4.22. The molecule has 2 heterocycles. The molecule has 3 aromatic rings. The maximum absolute atomic E-state index is 11.9. The summed E-state index contributed by atoms with van der Waals surface area (Å²) in [6.07, 6.45) is 3.26. The van der Waals surface area contributed by atoms with E-state index in [1.165, 1.54) is 12.4 Å².